The summed E-state index contributed by atoms with van der Waals surface area (Å²) in [5.74, 6) is 0.547. The molecular weight excluding hydrogens is 270 g/mol. The first-order valence-electron chi connectivity index (χ1n) is 6.73. The van der Waals surface area contributed by atoms with E-state index in [0.29, 0.717) is 17.0 Å². The summed E-state index contributed by atoms with van der Waals surface area (Å²) in [6.07, 6.45) is 2.00. The highest BCUT2D eigenvalue weighted by atomic mass is 35.5. The van der Waals surface area contributed by atoms with Gasteiger partial charge in [-0.15, -0.1) is 0 Å². The summed E-state index contributed by atoms with van der Waals surface area (Å²) in [5, 5.41) is 0.656. The van der Waals surface area contributed by atoms with Gasteiger partial charge in [-0.05, 0) is 36.1 Å². The first-order valence-corrected chi connectivity index (χ1v) is 7.10. The van der Waals surface area contributed by atoms with Crippen LogP contribution in [0.25, 0.3) is 11.0 Å². The van der Waals surface area contributed by atoms with Crippen LogP contribution in [0.3, 0.4) is 0 Å². The Morgan fingerprint density at radius 3 is 2.45 bits per heavy atom. The number of nitrogen functional groups attached to an aromatic ring is 1. The normalized spacial score (nSPS) is 14.8. The van der Waals surface area contributed by atoms with Crippen molar-refractivity contribution in [1.29, 1.82) is 0 Å². The molecule has 0 saturated heterocycles. The van der Waals surface area contributed by atoms with Gasteiger partial charge in [0.15, 0.2) is 0 Å². The van der Waals surface area contributed by atoms with E-state index < -0.39 is 0 Å². The number of nitrogens with two attached hydrogens (primary N) is 1. The Kier molecular flexibility index (Phi) is 2.51. The minimum absolute atomic E-state index is 0.330. The molecule has 1 heterocycles. The molecule has 2 aromatic carbocycles. The fourth-order valence-electron chi connectivity index (χ4n) is 3.20. The van der Waals surface area contributed by atoms with Gasteiger partial charge in [0.25, 0.3) is 0 Å². The maximum Gasteiger partial charge on any atom is 0.201 e. The molecule has 0 saturated carbocycles. The molecule has 1 aliphatic rings. The smallest absolute Gasteiger partial charge is 0.201 e. The van der Waals surface area contributed by atoms with Gasteiger partial charge >= 0.3 is 0 Å². The second-order valence-electron chi connectivity index (χ2n) is 5.28. The molecule has 0 amide bonds. The van der Waals surface area contributed by atoms with Gasteiger partial charge < -0.3 is 10.3 Å². The zero-order valence-electron chi connectivity index (χ0n) is 10.9. The second-order valence-corrected chi connectivity index (χ2v) is 5.69. The van der Waals surface area contributed by atoms with Gasteiger partial charge in [0.2, 0.25) is 5.95 Å². The number of para-hydroxylation sites is 1. The van der Waals surface area contributed by atoms with Gasteiger partial charge in [-0.25, -0.2) is 4.98 Å². The van der Waals surface area contributed by atoms with Crippen LogP contribution in [-0.4, -0.2) is 9.55 Å². The van der Waals surface area contributed by atoms with Crippen LogP contribution in [-0.2, 0) is 12.8 Å². The lowest BCUT2D eigenvalue weighted by Crippen LogP contribution is -2.11. The van der Waals surface area contributed by atoms with Gasteiger partial charge in [-0.2, -0.15) is 0 Å². The maximum absolute atomic E-state index is 6.21. The zero-order valence-corrected chi connectivity index (χ0v) is 11.6. The molecule has 2 N–H and O–H groups in total. The number of hydrogen-bond acceptors (Lipinski definition) is 2. The van der Waals surface area contributed by atoms with Crippen LogP contribution in [0.2, 0.25) is 5.02 Å². The van der Waals surface area contributed by atoms with Crippen molar-refractivity contribution in [3.63, 3.8) is 0 Å². The molecule has 0 radical (unpaired) electrons. The Morgan fingerprint density at radius 2 is 1.75 bits per heavy atom. The average molecular weight is 284 g/mol. The summed E-state index contributed by atoms with van der Waals surface area (Å²) in [4.78, 5) is 4.43. The minimum atomic E-state index is 0.330. The first-order chi connectivity index (χ1) is 9.74. The van der Waals surface area contributed by atoms with Gasteiger partial charge in [-0.1, -0.05) is 41.9 Å². The van der Waals surface area contributed by atoms with Crippen molar-refractivity contribution >= 4 is 28.6 Å². The van der Waals surface area contributed by atoms with Crippen molar-refractivity contribution in [3.8, 4) is 0 Å². The van der Waals surface area contributed by atoms with Gasteiger partial charge in [-0.3, -0.25) is 0 Å². The van der Waals surface area contributed by atoms with E-state index in [1.165, 1.54) is 11.1 Å². The third-order valence-corrected chi connectivity index (χ3v) is 4.40. The first kappa shape index (κ1) is 11.8. The average Bonchev–Trinajstić information content (AvgIpc) is 2.99. The summed E-state index contributed by atoms with van der Waals surface area (Å²) < 4.78 is 2.13. The third kappa shape index (κ3) is 1.63. The lowest BCUT2D eigenvalue weighted by Gasteiger charge is -2.14. The highest BCUT2D eigenvalue weighted by molar-refractivity contribution is 6.35. The molecule has 4 rings (SSSR count). The Hall–Kier alpha value is -2.00. The van der Waals surface area contributed by atoms with Crippen molar-refractivity contribution in [2.45, 2.75) is 18.9 Å². The van der Waals surface area contributed by atoms with E-state index in [1.54, 1.807) is 0 Å². The molecule has 1 aliphatic carbocycles. The van der Waals surface area contributed by atoms with Gasteiger partial charge in [0.05, 0.1) is 10.5 Å². The number of aromatic nitrogens is 2. The van der Waals surface area contributed by atoms with Crippen LogP contribution in [0, 0.1) is 0 Å². The summed E-state index contributed by atoms with van der Waals surface area (Å²) in [6, 6.07) is 14.7. The molecule has 20 heavy (non-hydrogen) atoms. The topological polar surface area (TPSA) is 43.8 Å². The van der Waals surface area contributed by atoms with E-state index in [2.05, 4.69) is 33.8 Å². The molecule has 1 aromatic heterocycles. The molecule has 0 bridgehead atoms. The van der Waals surface area contributed by atoms with E-state index >= 15 is 0 Å². The Morgan fingerprint density at radius 1 is 1.05 bits per heavy atom. The van der Waals surface area contributed by atoms with Gasteiger partial charge in [0, 0.05) is 6.04 Å². The summed E-state index contributed by atoms with van der Waals surface area (Å²) >= 11 is 6.21. The highest BCUT2D eigenvalue weighted by Crippen LogP contribution is 2.35. The van der Waals surface area contributed by atoms with Gasteiger partial charge in [0.1, 0.15) is 5.52 Å². The largest absolute Gasteiger partial charge is 0.369 e. The number of nitrogens with zero attached hydrogens (tertiary/aromatic N) is 2. The molecule has 100 valence electrons. The Balaban J connectivity index is 1.85. The van der Waals surface area contributed by atoms with Crippen LogP contribution in [0.1, 0.15) is 17.2 Å². The van der Waals surface area contributed by atoms with Crippen molar-refractivity contribution < 1.29 is 0 Å². The second kappa shape index (κ2) is 4.25. The Labute approximate surface area is 122 Å². The van der Waals surface area contributed by atoms with Crippen molar-refractivity contribution in [2.24, 2.45) is 0 Å². The lowest BCUT2D eigenvalue weighted by molar-refractivity contribution is 0.550. The summed E-state index contributed by atoms with van der Waals surface area (Å²) in [5.41, 5.74) is 10.8. The fraction of sp³-hybridized carbons (Fsp3) is 0.188. The standard InChI is InChI=1S/C16H14ClN3/c17-13-6-3-7-14-15(13)19-16(18)20(14)12-8-10-4-1-2-5-11(10)9-12/h1-7,12H,8-9H2,(H2,18,19). The number of hydrogen-bond donors (Lipinski definition) is 1. The number of halogens is 1. The SMILES string of the molecule is Nc1nc2c(Cl)cccc2n1C1Cc2ccccc2C1. The zero-order chi connectivity index (χ0) is 13.7. The van der Waals surface area contributed by atoms with E-state index in [0.717, 1.165) is 23.9 Å². The van der Waals surface area contributed by atoms with Crippen LogP contribution in [0.4, 0.5) is 5.95 Å². The molecule has 3 nitrogen and oxygen atoms in total. The van der Waals surface area contributed by atoms with E-state index in [9.17, 15) is 0 Å². The molecule has 0 fully saturated rings. The Bertz CT molecular complexity index is 782. The molecule has 0 aliphatic heterocycles. The maximum atomic E-state index is 6.21. The van der Waals surface area contributed by atoms with Crippen LogP contribution >= 0.6 is 11.6 Å². The minimum Gasteiger partial charge on any atom is -0.369 e. The molecule has 3 aromatic rings. The number of imidazole rings is 1. The van der Waals surface area contributed by atoms with Crippen molar-refractivity contribution in [3.05, 3.63) is 58.6 Å². The fourth-order valence-corrected chi connectivity index (χ4v) is 3.41. The molecule has 4 heteroatoms. The number of anilines is 1. The van der Waals surface area contributed by atoms with Crippen LogP contribution < -0.4 is 5.73 Å². The monoisotopic (exact) mass is 283 g/mol. The number of fused-ring (bicyclic) bond motifs is 2. The number of benzene rings is 2. The van der Waals surface area contributed by atoms with Crippen molar-refractivity contribution in [1.82, 2.24) is 9.55 Å². The predicted molar refractivity (Wildman–Crippen MR) is 82.0 cm³/mol. The molecular formula is C16H14ClN3. The van der Waals surface area contributed by atoms with E-state index in [1.807, 2.05) is 18.2 Å². The molecule has 0 unspecified atom stereocenters. The summed E-state index contributed by atoms with van der Waals surface area (Å²) in [7, 11) is 0. The van der Waals surface area contributed by atoms with Crippen molar-refractivity contribution in [2.75, 3.05) is 5.73 Å². The van der Waals surface area contributed by atoms with E-state index in [-0.39, 0.29) is 0 Å². The van der Waals surface area contributed by atoms with Crippen LogP contribution in [0.5, 0.6) is 0 Å². The van der Waals surface area contributed by atoms with Crippen LogP contribution in [0.15, 0.2) is 42.5 Å². The molecule has 0 spiro atoms. The van der Waals surface area contributed by atoms with E-state index in [4.69, 9.17) is 17.3 Å². The summed E-state index contributed by atoms with van der Waals surface area (Å²) in [6.45, 7) is 0. The molecule has 0 atom stereocenters. The number of rotatable bonds is 1. The third-order valence-electron chi connectivity index (χ3n) is 4.09. The highest BCUT2D eigenvalue weighted by Gasteiger charge is 2.25. The predicted octanol–water partition coefficient (Wildman–Crippen LogP) is 3.61. The quantitative estimate of drug-likeness (QED) is 0.741. The lowest BCUT2D eigenvalue weighted by atomic mass is 10.1.